The molecule has 1 saturated carbocycles. The van der Waals surface area contributed by atoms with Gasteiger partial charge in [0.15, 0.2) is 5.96 Å². The lowest BCUT2D eigenvalue weighted by molar-refractivity contribution is 0.0367. The molecule has 0 amide bonds. The molecule has 1 aliphatic heterocycles. The maximum absolute atomic E-state index is 10.1. The van der Waals surface area contributed by atoms with Crippen molar-refractivity contribution in [2.45, 2.75) is 38.9 Å². The summed E-state index contributed by atoms with van der Waals surface area (Å²) < 4.78 is 11.5. The molecule has 0 radical (unpaired) electrons. The van der Waals surface area contributed by atoms with Crippen LogP contribution < -0.4 is 5.32 Å². The van der Waals surface area contributed by atoms with E-state index in [1.165, 1.54) is 18.4 Å². The van der Waals surface area contributed by atoms with E-state index in [9.17, 15) is 5.11 Å². The molecule has 28 heavy (non-hydrogen) atoms. The average molecular weight is 390 g/mol. The summed E-state index contributed by atoms with van der Waals surface area (Å²) in [6.07, 6.45) is 3.10. The number of nitrogens with zero attached hydrogens (tertiary/aromatic N) is 2. The van der Waals surface area contributed by atoms with Crippen LogP contribution in [0.3, 0.4) is 0 Å². The fourth-order valence-corrected chi connectivity index (χ4v) is 3.40. The molecule has 2 unspecified atom stereocenters. The third kappa shape index (κ3) is 7.41. The number of benzene rings is 1. The minimum atomic E-state index is -0.542. The van der Waals surface area contributed by atoms with Crippen LogP contribution in [0.25, 0.3) is 0 Å². The second kappa shape index (κ2) is 11.4. The zero-order valence-corrected chi connectivity index (χ0v) is 17.1. The lowest BCUT2D eigenvalue weighted by Crippen LogP contribution is -2.41. The monoisotopic (exact) mass is 389 g/mol. The van der Waals surface area contributed by atoms with Crippen LogP contribution in [-0.2, 0) is 16.1 Å². The van der Waals surface area contributed by atoms with Gasteiger partial charge >= 0.3 is 0 Å². The van der Waals surface area contributed by atoms with Crippen molar-refractivity contribution in [3.63, 3.8) is 0 Å². The lowest BCUT2D eigenvalue weighted by atomic mass is 10.1. The Hall–Kier alpha value is -1.63. The van der Waals surface area contributed by atoms with Crippen molar-refractivity contribution in [2.75, 3.05) is 46.0 Å². The number of rotatable bonds is 11. The van der Waals surface area contributed by atoms with E-state index >= 15 is 0 Å². The number of aliphatic hydroxyl groups excluding tert-OH is 1. The molecule has 1 saturated heterocycles. The van der Waals surface area contributed by atoms with Gasteiger partial charge in [-0.2, -0.15) is 0 Å². The Morgan fingerprint density at radius 3 is 2.71 bits per heavy atom. The summed E-state index contributed by atoms with van der Waals surface area (Å²) in [7, 11) is 0. The molecule has 2 aliphatic rings. The fourth-order valence-electron chi connectivity index (χ4n) is 3.40. The normalized spacial score (nSPS) is 21.1. The molecule has 1 heterocycles. The van der Waals surface area contributed by atoms with Crippen LogP contribution in [0.1, 0.15) is 31.7 Å². The summed E-state index contributed by atoms with van der Waals surface area (Å²) in [5.41, 5.74) is 1.21. The fraction of sp³-hybridized carbons (Fsp3) is 0.682. The van der Waals surface area contributed by atoms with Crippen LogP contribution >= 0.6 is 0 Å². The van der Waals surface area contributed by atoms with Crippen LogP contribution in [-0.4, -0.2) is 68.1 Å². The Bertz CT molecular complexity index is 592. The van der Waals surface area contributed by atoms with Crippen molar-refractivity contribution >= 4 is 5.96 Å². The summed E-state index contributed by atoms with van der Waals surface area (Å²) in [6, 6.07) is 10.3. The number of hydrogen-bond acceptors (Lipinski definition) is 4. The molecule has 2 atom stereocenters. The van der Waals surface area contributed by atoms with E-state index < -0.39 is 6.10 Å². The molecule has 2 fully saturated rings. The number of nitrogens with one attached hydrogen (secondary N) is 1. The SMILES string of the molecule is CCNC(=NCC(O)COCC1CC1)N1CCC(COCc2ccccc2)C1. The minimum absolute atomic E-state index is 0.370. The number of aliphatic imine (C=N–C) groups is 1. The van der Waals surface area contributed by atoms with Crippen molar-refractivity contribution < 1.29 is 14.6 Å². The predicted octanol–water partition coefficient (Wildman–Crippen LogP) is 2.28. The molecule has 0 bridgehead atoms. The quantitative estimate of drug-likeness (QED) is 0.449. The Labute approximate surface area is 168 Å². The highest BCUT2D eigenvalue weighted by molar-refractivity contribution is 5.80. The predicted molar refractivity (Wildman–Crippen MR) is 111 cm³/mol. The molecule has 6 heteroatoms. The van der Waals surface area contributed by atoms with Crippen molar-refractivity contribution in [2.24, 2.45) is 16.8 Å². The Morgan fingerprint density at radius 2 is 1.96 bits per heavy atom. The van der Waals surface area contributed by atoms with Gasteiger partial charge in [0.05, 0.1) is 32.5 Å². The highest BCUT2D eigenvalue weighted by Crippen LogP contribution is 2.28. The first-order chi connectivity index (χ1) is 13.7. The van der Waals surface area contributed by atoms with Crippen molar-refractivity contribution in [1.29, 1.82) is 0 Å². The second-order valence-corrected chi connectivity index (χ2v) is 7.93. The topological polar surface area (TPSA) is 66.3 Å². The van der Waals surface area contributed by atoms with Crippen LogP contribution in [0, 0.1) is 11.8 Å². The van der Waals surface area contributed by atoms with E-state index in [1.54, 1.807) is 0 Å². The first kappa shape index (κ1) is 21.1. The summed E-state index contributed by atoms with van der Waals surface area (Å²) >= 11 is 0. The summed E-state index contributed by atoms with van der Waals surface area (Å²) in [6.45, 7) is 7.75. The summed E-state index contributed by atoms with van der Waals surface area (Å²) in [5.74, 6) is 2.12. The molecule has 3 rings (SSSR count). The Kier molecular flexibility index (Phi) is 8.58. The third-order valence-corrected chi connectivity index (χ3v) is 5.20. The van der Waals surface area contributed by atoms with E-state index in [4.69, 9.17) is 9.47 Å². The van der Waals surface area contributed by atoms with E-state index in [0.29, 0.717) is 25.7 Å². The zero-order valence-electron chi connectivity index (χ0n) is 17.1. The number of aliphatic hydroxyl groups is 1. The molecule has 156 valence electrons. The molecular weight excluding hydrogens is 354 g/mol. The van der Waals surface area contributed by atoms with E-state index in [1.807, 2.05) is 18.2 Å². The molecule has 2 N–H and O–H groups in total. The van der Waals surface area contributed by atoms with Crippen molar-refractivity contribution in [3.8, 4) is 0 Å². The van der Waals surface area contributed by atoms with E-state index in [-0.39, 0.29) is 0 Å². The van der Waals surface area contributed by atoms with Crippen LogP contribution in [0.15, 0.2) is 35.3 Å². The van der Waals surface area contributed by atoms with Gasteiger partial charge in [-0.3, -0.25) is 4.99 Å². The highest BCUT2D eigenvalue weighted by atomic mass is 16.5. The van der Waals surface area contributed by atoms with Gasteiger partial charge in [-0.1, -0.05) is 30.3 Å². The standard InChI is InChI=1S/C22H35N3O3/c1-2-23-22(24-12-21(26)17-28-15-19-8-9-19)25-11-10-20(13-25)16-27-14-18-6-4-3-5-7-18/h3-7,19-21,26H,2,8-17H2,1H3,(H,23,24). The van der Waals surface area contributed by atoms with E-state index in [2.05, 4.69) is 34.3 Å². The second-order valence-electron chi connectivity index (χ2n) is 7.93. The van der Waals surface area contributed by atoms with Gasteiger partial charge in [-0.05, 0) is 37.7 Å². The Morgan fingerprint density at radius 1 is 1.18 bits per heavy atom. The van der Waals surface area contributed by atoms with Gasteiger partial charge < -0.3 is 24.8 Å². The lowest BCUT2D eigenvalue weighted by Gasteiger charge is -2.22. The van der Waals surface area contributed by atoms with Crippen LogP contribution in [0.4, 0.5) is 0 Å². The first-order valence-corrected chi connectivity index (χ1v) is 10.6. The van der Waals surface area contributed by atoms with Gasteiger partial charge in [0.1, 0.15) is 0 Å². The van der Waals surface area contributed by atoms with Gasteiger partial charge in [-0.15, -0.1) is 0 Å². The highest BCUT2D eigenvalue weighted by Gasteiger charge is 2.25. The zero-order chi connectivity index (χ0) is 19.6. The average Bonchev–Trinajstić information content (AvgIpc) is 3.42. The molecular formula is C22H35N3O3. The van der Waals surface area contributed by atoms with Crippen LogP contribution in [0.5, 0.6) is 0 Å². The number of ether oxygens (including phenoxy) is 2. The van der Waals surface area contributed by atoms with E-state index in [0.717, 1.165) is 51.1 Å². The summed E-state index contributed by atoms with van der Waals surface area (Å²) in [4.78, 5) is 6.91. The maximum Gasteiger partial charge on any atom is 0.194 e. The molecule has 1 aromatic rings. The number of likely N-dealkylation sites (tertiary alicyclic amines) is 1. The molecule has 0 aromatic heterocycles. The number of guanidine groups is 1. The first-order valence-electron chi connectivity index (χ1n) is 10.6. The van der Waals surface area contributed by atoms with Crippen molar-refractivity contribution in [3.05, 3.63) is 35.9 Å². The largest absolute Gasteiger partial charge is 0.389 e. The minimum Gasteiger partial charge on any atom is -0.389 e. The maximum atomic E-state index is 10.1. The molecule has 1 aliphatic carbocycles. The number of hydrogen-bond donors (Lipinski definition) is 2. The third-order valence-electron chi connectivity index (χ3n) is 5.20. The molecule has 0 spiro atoms. The van der Waals surface area contributed by atoms with Gasteiger partial charge in [0.25, 0.3) is 0 Å². The van der Waals surface area contributed by atoms with Gasteiger partial charge in [0.2, 0.25) is 0 Å². The van der Waals surface area contributed by atoms with Gasteiger partial charge in [-0.25, -0.2) is 0 Å². The molecule has 1 aromatic carbocycles. The summed E-state index contributed by atoms with van der Waals surface area (Å²) in [5, 5.41) is 13.5. The van der Waals surface area contributed by atoms with Gasteiger partial charge in [0, 0.05) is 32.2 Å². The van der Waals surface area contributed by atoms with Crippen LogP contribution in [0.2, 0.25) is 0 Å². The van der Waals surface area contributed by atoms with Crippen molar-refractivity contribution in [1.82, 2.24) is 10.2 Å². The Balaban J connectivity index is 1.38. The molecule has 6 nitrogen and oxygen atoms in total. The smallest absolute Gasteiger partial charge is 0.194 e.